The number of aromatic nitrogens is 3. The molecule has 0 spiro atoms. The number of rotatable bonds is 10. The van der Waals surface area contributed by atoms with E-state index in [1.807, 2.05) is 0 Å². The Morgan fingerprint density at radius 1 is 1.11 bits per heavy atom. The number of carbonyl (C=O) groups excluding carboxylic acids is 1. The van der Waals surface area contributed by atoms with Crippen molar-refractivity contribution in [2.75, 3.05) is 30.3 Å². The lowest BCUT2D eigenvalue weighted by molar-refractivity contribution is -0.141. The minimum absolute atomic E-state index is 0.00107. The first-order valence-corrected chi connectivity index (χ1v) is 11.2. The lowest BCUT2D eigenvalue weighted by Crippen LogP contribution is -2.30. The Labute approximate surface area is 209 Å². The molecule has 0 aliphatic carbocycles. The van der Waals surface area contributed by atoms with Gasteiger partial charge in [-0.15, -0.1) is 0 Å². The molecule has 37 heavy (non-hydrogen) atoms. The van der Waals surface area contributed by atoms with Gasteiger partial charge in [-0.2, -0.15) is 30.7 Å². The highest BCUT2D eigenvalue weighted by atomic mass is 32.1. The molecule has 8 nitrogen and oxygen atoms in total. The summed E-state index contributed by atoms with van der Waals surface area (Å²) in [5.74, 6) is -1.65. The number of benzene rings is 1. The first-order chi connectivity index (χ1) is 17.3. The molecule has 200 valence electrons. The van der Waals surface area contributed by atoms with Crippen molar-refractivity contribution < 1.29 is 40.3 Å². The highest BCUT2D eigenvalue weighted by Crippen LogP contribution is 2.31. The third-order valence-electron chi connectivity index (χ3n) is 4.54. The van der Waals surface area contributed by atoms with Gasteiger partial charge in [-0.3, -0.25) is 4.79 Å². The zero-order chi connectivity index (χ0) is 27.2. The van der Waals surface area contributed by atoms with Gasteiger partial charge in [0.2, 0.25) is 0 Å². The van der Waals surface area contributed by atoms with Crippen molar-refractivity contribution in [3.63, 3.8) is 0 Å². The van der Waals surface area contributed by atoms with E-state index in [1.54, 1.807) is 6.92 Å². The maximum absolute atomic E-state index is 14.1. The van der Waals surface area contributed by atoms with Crippen LogP contribution in [0.5, 0.6) is 5.75 Å². The number of nitrogens with zero attached hydrogens (tertiary/aromatic N) is 3. The van der Waals surface area contributed by atoms with Crippen LogP contribution in [0.15, 0.2) is 30.6 Å². The fourth-order valence-electron chi connectivity index (χ4n) is 2.87. The zero-order valence-electron chi connectivity index (χ0n) is 18.9. The second-order valence-electron chi connectivity index (χ2n) is 7.48. The smallest absolute Gasteiger partial charge is 0.434 e. The van der Waals surface area contributed by atoms with Gasteiger partial charge in [0.1, 0.15) is 10.8 Å². The molecule has 3 aromatic rings. The molecule has 3 N–H and O–H groups in total. The zero-order valence-corrected chi connectivity index (χ0v) is 19.7. The second-order valence-corrected chi connectivity index (χ2v) is 8.25. The molecular formula is C21H19F7N6O2S. The molecular weight excluding hydrogens is 533 g/mol. The lowest BCUT2D eigenvalue weighted by Gasteiger charge is -2.12. The molecule has 2 heterocycles. The number of hydrogen-bond acceptors (Lipinski definition) is 8. The van der Waals surface area contributed by atoms with Crippen LogP contribution >= 0.6 is 11.5 Å². The number of aryl methyl sites for hydroxylation is 1. The number of alkyl halides is 6. The number of carbonyl (C=O) groups is 1. The van der Waals surface area contributed by atoms with Crippen LogP contribution in [0.4, 0.5) is 47.2 Å². The molecule has 0 radical (unpaired) electrons. The van der Waals surface area contributed by atoms with Crippen molar-refractivity contribution in [3.05, 3.63) is 53.4 Å². The van der Waals surface area contributed by atoms with E-state index in [0.29, 0.717) is 11.9 Å². The summed E-state index contributed by atoms with van der Waals surface area (Å²) >= 11 is 0.871. The molecule has 0 aliphatic rings. The van der Waals surface area contributed by atoms with Crippen LogP contribution in [0.2, 0.25) is 0 Å². The van der Waals surface area contributed by atoms with E-state index < -0.39 is 36.3 Å². The standard InChI is InChI=1S/C21H19F7N6O2S/c1-11-17(19(37-34-11)33-16-9-30-15(8-31-16)21(26,27)28)18(35)32-12-3-4-13(22)14(7-12)36-6-2-5-29-10-20(23,24)25/h3-4,7-9,29H,2,5-6,10H2,1H3,(H,31,33)(H,32,35). The van der Waals surface area contributed by atoms with E-state index in [0.717, 1.165) is 23.8 Å². The van der Waals surface area contributed by atoms with Gasteiger partial charge < -0.3 is 20.7 Å². The SMILES string of the molecule is Cc1nsc(Nc2cnc(C(F)(F)F)cn2)c1C(=O)Nc1ccc(F)c(OCCCNCC(F)(F)F)c1. The molecule has 1 aromatic carbocycles. The van der Waals surface area contributed by atoms with Crippen LogP contribution in [0.1, 0.15) is 28.2 Å². The molecule has 0 saturated heterocycles. The molecule has 3 rings (SSSR count). The largest absolute Gasteiger partial charge is 0.490 e. The van der Waals surface area contributed by atoms with Gasteiger partial charge in [-0.05, 0) is 43.6 Å². The van der Waals surface area contributed by atoms with Gasteiger partial charge in [-0.25, -0.2) is 14.4 Å². The lowest BCUT2D eigenvalue weighted by atomic mass is 10.2. The molecule has 16 heteroatoms. The van der Waals surface area contributed by atoms with Crippen molar-refractivity contribution in [1.82, 2.24) is 19.7 Å². The van der Waals surface area contributed by atoms with E-state index >= 15 is 0 Å². The fourth-order valence-corrected chi connectivity index (χ4v) is 3.67. The van der Waals surface area contributed by atoms with Gasteiger partial charge in [0.15, 0.2) is 17.3 Å². The molecule has 0 atom stereocenters. The molecule has 2 aromatic heterocycles. The number of nitrogens with one attached hydrogen (secondary N) is 3. The number of ether oxygens (including phenoxy) is 1. The fraction of sp³-hybridized carbons (Fsp3) is 0.333. The topological polar surface area (TPSA) is 101 Å². The van der Waals surface area contributed by atoms with Gasteiger partial charge in [0.25, 0.3) is 5.91 Å². The van der Waals surface area contributed by atoms with Crippen molar-refractivity contribution >= 4 is 33.9 Å². The van der Waals surface area contributed by atoms with Crippen LogP contribution in [-0.2, 0) is 6.18 Å². The third-order valence-corrected chi connectivity index (χ3v) is 5.40. The Bertz CT molecular complexity index is 1220. The Morgan fingerprint density at radius 3 is 2.51 bits per heavy atom. The quantitative estimate of drug-likeness (QED) is 0.231. The van der Waals surface area contributed by atoms with Crippen LogP contribution in [0.3, 0.4) is 0 Å². The summed E-state index contributed by atoms with van der Waals surface area (Å²) < 4.78 is 97.8. The van der Waals surface area contributed by atoms with Crippen molar-refractivity contribution in [2.45, 2.75) is 25.7 Å². The summed E-state index contributed by atoms with van der Waals surface area (Å²) in [5.41, 5.74) is -0.630. The molecule has 0 bridgehead atoms. The monoisotopic (exact) mass is 552 g/mol. The molecule has 0 aliphatic heterocycles. The number of anilines is 3. The van der Waals surface area contributed by atoms with Crippen LogP contribution in [-0.4, -0.2) is 46.1 Å². The summed E-state index contributed by atoms with van der Waals surface area (Å²) in [5, 5.41) is 7.64. The number of halogens is 7. The minimum atomic E-state index is -4.65. The Morgan fingerprint density at radius 2 is 1.86 bits per heavy atom. The first kappa shape index (κ1) is 28.0. The summed E-state index contributed by atoms with van der Waals surface area (Å²) in [4.78, 5) is 19.8. The molecule has 0 fully saturated rings. The van der Waals surface area contributed by atoms with Crippen LogP contribution in [0, 0.1) is 12.7 Å². The van der Waals surface area contributed by atoms with Gasteiger partial charge in [0, 0.05) is 11.8 Å². The second kappa shape index (κ2) is 11.7. The molecule has 0 unspecified atom stereocenters. The minimum Gasteiger partial charge on any atom is -0.490 e. The summed E-state index contributed by atoms with van der Waals surface area (Å²) in [6, 6.07) is 3.52. The number of amides is 1. The Kier molecular flexibility index (Phi) is 8.85. The van der Waals surface area contributed by atoms with Crippen LogP contribution in [0.25, 0.3) is 0 Å². The van der Waals surface area contributed by atoms with E-state index in [9.17, 15) is 35.5 Å². The maximum atomic E-state index is 14.1. The Hall–Kier alpha value is -3.53. The average Bonchev–Trinajstić information content (AvgIpc) is 3.17. The van der Waals surface area contributed by atoms with E-state index in [1.165, 1.54) is 12.1 Å². The highest BCUT2D eigenvalue weighted by molar-refractivity contribution is 7.10. The van der Waals surface area contributed by atoms with Crippen molar-refractivity contribution in [3.8, 4) is 5.75 Å². The van der Waals surface area contributed by atoms with Gasteiger partial charge in [-0.1, -0.05) is 0 Å². The van der Waals surface area contributed by atoms with E-state index in [4.69, 9.17) is 4.74 Å². The highest BCUT2D eigenvalue weighted by Gasteiger charge is 2.33. The normalized spacial score (nSPS) is 11.9. The van der Waals surface area contributed by atoms with E-state index in [-0.39, 0.29) is 47.4 Å². The average molecular weight is 552 g/mol. The number of hydrogen-bond donors (Lipinski definition) is 3. The summed E-state index contributed by atoms with van der Waals surface area (Å²) in [6.07, 6.45) is -7.41. The van der Waals surface area contributed by atoms with E-state index in [2.05, 4.69) is 30.3 Å². The predicted molar refractivity (Wildman–Crippen MR) is 121 cm³/mol. The summed E-state index contributed by atoms with van der Waals surface area (Å²) in [6.45, 7) is 0.319. The first-order valence-electron chi connectivity index (χ1n) is 10.5. The van der Waals surface area contributed by atoms with Crippen molar-refractivity contribution in [2.24, 2.45) is 0 Å². The third kappa shape index (κ3) is 8.24. The van der Waals surface area contributed by atoms with Crippen LogP contribution < -0.4 is 20.7 Å². The molecule has 0 saturated carbocycles. The van der Waals surface area contributed by atoms with Gasteiger partial charge in [0.05, 0.1) is 36.8 Å². The van der Waals surface area contributed by atoms with Crippen molar-refractivity contribution in [1.29, 1.82) is 0 Å². The predicted octanol–water partition coefficient (Wildman–Crippen LogP) is 5.32. The summed E-state index contributed by atoms with van der Waals surface area (Å²) in [7, 11) is 0. The maximum Gasteiger partial charge on any atom is 0.434 e. The molecule has 1 amide bonds. The van der Waals surface area contributed by atoms with Gasteiger partial charge >= 0.3 is 12.4 Å². The Balaban J connectivity index is 1.63.